The van der Waals surface area contributed by atoms with Gasteiger partial charge in [-0.25, -0.2) is 9.50 Å². The van der Waals surface area contributed by atoms with Crippen molar-refractivity contribution in [3.05, 3.63) is 28.6 Å². The first-order valence-corrected chi connectivity index (χ1v) is 7.39. The van der Waals surface area contributed by atoms with Crippen LogP contribution in [-0.2, 0) is 4.74 Å². The molecule has 1 aliphatic heterocycles. The van der Waals surface area contributed by atoms with Gasteiger partial charge >= 0.3 is 0 Å². The Bertz CT molecular complexity index is 642. The van der Waals surface area contributed by atoms with Crippen LogP contribution in [0.5, 0.6) is 0 Å². The maximum atomic E-state index is 12.4. The molecule has 0 aromatic carbocycles. The Labute approximate surface area is 124 Å². The Morgan fingerprint density at radius 3 is 3.20 bits per heavy atom. The second kappa shape index (κ2) is 5.49. The number of carbonyl (C=O) groups excluding carboxylic acids is 1. The van der Waals surface area contributed by atoms with Crippen molar-refractivity contribution >= 4 is 27.5 Å². The number of nitrogens with zero attached hydrogens (tertiary/aromatic N) is 4. The van der Waals surface area contributed by atoms with E-state index >= 15 is 0 Å². The molecule has 0 radical (unpaired) electrons. The molecule has 0 unspecified atom stereocenters. The van der Waals surface area contributed by atoms with Crippen LogP contribution >= 0.6 is 15.9 Å². The summed E-state index contributed by atoms with van der Waals surface area (Å²) in [5, 5.41) is 4.23. The van der Waals surface area contributed by atoms with Gasteiger partial charge in [-0.2, -0.15) is 0 Å². The lowest BCUT2D eigenvalue weighted by atomic mass is 10.3. The molecular formula is C13H15BrN4O2. The van der Waals surface area contributed by atoms with Crippen LogP contribution in [-0.4, -0.2) is 51.2 Å². The molecule has 106 valence electrons. The molecule has 0 N–H and O–H groups in total. The van der Waals surface area contributed by atoms with E-state index in [0.717, 1.165) is 10.9 Å². The standard InChI is InChI=1S/C13H15BrN4O2/c1-2-20-10-5-6-17(8-10)13(19)12-15-11-4-3-9(14)7-18(11)16-12/h3-4,7,10H,2,5-6,8H2,1H3/t10-/m0/s1. The highest BCUT2D eigenvalue weighted by Gasteiger charge is 2.29. The number of fused-ring (bicyclic) bond motifs is 1. The highest BCUT2D eigenvalue weighted by molar-refractivity contribution is 9.10. The molecule has 0 aliphatic carbocycles. The second-order valence-corrected chi connectivity index (χ2v) is 5.62. The van der Waals surface area contributed by atoms with Gasteiger partial charge in [0, 0.05) is 30.4 Å². The third kappa shape index (κ3) is 2.55. The van der Waals surface area contributed by atoms with Crippen molar-refractivity contribution < 1.29 is 9.53 Å². The molecule has 7 heteroatoms. The van der Waals surface area contributed by atoms with E-state index < -0.39 is 0 Å². The summed E-state index contributed by atoms with van der Waals surface area (Å²) >= 11 is 3.37. The highest BCUT2D eigenvalue weighted by Crippen LogP contribution is 2.16. The summed E-state index contributed by atoms with van der Waals surface area (Å²) in [6.07, 6.45) is 2.79. The van der Waals surface area contributed by atoms with E-state index in [1.54, 1.807) is 15.6 Å². The Hall–Kier alpha value is -1.47. The van der Waals surface area contributed by atoms with Gasteiger partial charge in [-0.05, 0) is 41.4 Å². The fraction of sp³-hybridized carbons (Fsp3) is 0.462. The Morgan fingerprint density at radius 1 is 1.55 bits per heavy atom. The van der Waals surface area contributed by atoms with Crippen molar-refractivity contribution in [2.75, 3.05) is 19.7 Å². The van der Waals surface area contributed by atoms with Crippen molar-refractivity contribution in [3.8, 4) is 0 Å². The molecule has 1 atom stereocenters. The number of amides is 1. The molecular weight excluding hydrogens is 324 g/mol. The van der Waals surface area contributed by atoms with Crippen LogP contribution in [0.3, 0.4) is 0 Å². The van der Waals surface area contributed by atoms with E-state index in [1.807, 2.05) is 19.1 Å². The molecule has 0 spiro atoms. The quantitative estimate of drug-likeness (QED) is 0.855. The Balaban J connectivity index is 1.79. The molecule has 0 saturated carbocycles. The summed E-state index contributed by atoms with van der Waals surface area (Å²) in [6, 6.07) is 3.69. The van der Waals surface area contributed by atoms with Crippen LogP contribution < -0.4 is 0 Å². The zero-order valence-electron chi connectivity index (χ0n) is 11.1. The first kappa shape index (κ1) is 13.5. The number of halogens is 1. The van der Waals surface area contributed by atoms with Crippen molar-refractivity contribution in [3.63, 3.8) is 0 Å². The molecule has 3 heterocycles. The summed E-state index contributed by atoms with van der Waals surface area (Å²) in [7, 11) is 0. The van der Waals surface area contributed by atoms with E-state index in [0.29, 0.717) is 25.3 Å². The molecule has 1 saturated heterocycles. The van der Waals surface area contributed by atoms with Gasteiger partial charge in [-0.3, -0.25) is 4.79 Å². The van der Waals surface area contributed by atoms with Gasteiger partial charge < -0.3 is 9.64 Å². The molecule has 20 heavy (non-hydrogen) atoms. The molecule has 0 bridgehead atoms. The fourth-order valence-electron chi connectivity index (χ4n) is 2.37. The van der Waals surface area contributed by atoms with Gasteiger partial charge in [0.15, 0.2) is 5.65 Å². The lowest BCUT2D eigenvalue weighted by Crippen LogP contribution is -2.31. The van der Waals surface area contributed by atoms with E-state index in [2.05, 4.69) is 26.0 Å². The number of rotatable bonds is 3. The number of ether oxygens (including phenoxy) is 1. The summed E-state index contributed by atoms with van der Waals surface area (Å²) in [5.41, 5.74) is 0.664. The minimum atomic E-state index is -0.132. The zero-order valence-corrected chi connectivity index (χ0v) is 12.7. The SMILES string of the molecule is CCO[C@H]1CCN(C(=O)c2nc3ccc(Br)cn3n2)C1. The molecule has 1 amide bonds. The van der Waals surface area contributed by atoms with Crippen LogP contribution in [0.4, 0.5) is 0 Å². The van der Waals surface area contributed by atoms with E-state index in [9.17, 15) is 4.79 Å². The average molecular weight is 339 g/mol. The number of likely N-dealkylation sites (tertiary alicyclic amines) is 1. The molecule has 6 nitrogen and oxygen atoms in total. The molecule has 3 rings (SSSR count). The van der Waals surface area contributed by atoms with Crippen LogP contribution in [0.15, 0.2) is 22.8 Å². The van der Waals surface area contributed by atoms with Crippen LogP contribution in [0, 0.1) is 0 Å². The molecule has 2 aromatic heterocycles. The average Bonchev–Trinajstić information content (AvgIpc) is 3.04. The first-order valence-electron chi connectivity index (χ1n) is 6.60. The molecule has 2 aromatic rings. The number of hydrogen-bond donors (Lipinski definition) is 0. The van der Waals surface area contributed by atoms with E-state index in [1.165, 1.54) is 0 Å². The van der Waals surface area contributed by atoms with Crippen molar-refractivity contribution in [2.45, 2.75) is 19.4 Å². The van der Waals surface area contributed by atoms with Crippen LogP contribution in [0.2, 0.25) is 0 Å². The number of aromatic nitrogens is 3. The summed E-state index contributed by atoms with van der Waals surface area (Å²) < 4.78 is 8.05. The second-order valence-electron chi connectivity index (χ2n) is 4.70. The van der Waals surface area contributed by atoms with Crippen LogP contribution in [0.1, 0.15) is 24.0 Å². The lowest BCUT2D eigenvalue weighted by Gasteiger charge is -2.14. The number of pyridine rings is 1. The van der Waals surface area contributed by atoms with Crippen molar-refractivity contribution in [1.82, 2.24) is 19.5 Å². The number of hydrogen-bond acceptors (Lipinski definition) is 4. The van der Waals surface area contributed by atoms with Crippen LogP contribution in [0.25, 0.3) is 5.65 Å². The van der Waals surface area contributed by atoms with Gasteiger partial charge in [0.25, 0.3) is 5.91 Å². The van der Waals surface area contributed by atoms with Gasteiger partial charge in [0.05, 0.1) is 6.10 Å². The van der Waals surface area contributed by atoms with Gasteiger partial charge in [0.1, 0.15) is 0 Å². The fourth-order valence-corrected chi connectivity index (χ4v) is 2.70. The Morgan fingerprint density at radius 2 is 2.40 bits per heavy atom. The van der Waals surface area contributed by atoms with E-state index in [-0.39, 0.29) is 17.8 Å². The maximum absolute atomic E-state index is 12.4. The summed E-state index contributed by atoms with van der Waals surface area (Å²) in [5.74, 6) is 0.104. The highest BCUT2D eigenvalue weighted by atomic mass is 79.9. The summed E-state index contributed by atoms with van der Waals surface area (Å²) in [6.45, 7) is 3.95. The van der Waals surface area contributed by atoms with Gasteiger partial charge in [0.2, 0.25) is 5.82 Å². The predicted molar refractivity (Wildman–Crippen MR) is 76.6 cm³/mol. The third-order valence-corrected chi connectivity index (χ3v) is 3.79. The van der Waals surface area contributed by atoms with Gasteiger partial charge in [-0.15, -0.1) is 5.10 Å². The predicted octanol–water partition coefficient (Wildman–Crippen LogP) is 1.74. The zero-order chi connectivity index (χ0) is 14.1. The lowest BCUT2D eigenvalue weighted by molar-refractivity contribution is 0.0592. The maximum Gasteiger partial charge on any atom is 0.293 e. The smallest absolute Gasteiger partial charge is 0.293 e. The molecule has 1 aliphatic rings. The van der Waals surface area contributed by atoms with Gasteiger partial charge in [-0.1, -0.05) is 0 Å². The summed E-state index contributed by atoms with van der Waals surface area (Å²) in [4.78, 5) is 18.4. The normalized spacial score (nSPS) is 18.9. The molecule has 1 fully saturated rings. The topological polar surface area (TPSA) is 59.7 Å². The third-order valence-electron chi connectivity index (χ3n) is 3.32. The number of carbonyl (C=O) groups is 1. The largest absolute Gasteiger partial charge is 0.377 e. The van der Waals surface area contributed by atoms with Crippen molar-refractivity contribution in [2.24, 2.45) is 0 Å². The van der Waals surface area contributed by atoms with Crippen molar-refractivity contribution in [1.29, 1.82) is 0 Å². The monoisotopic (exact) mass is 338 g/mol. The van der Waals surface area contributed by atoms with E-state index in [4.69, 9.17) is 4.74 Å². The first-order chi connectivity index (χ1) is 9.67. The minimum Gasteiger partial charge on any atom is -0.377 e. The Kier molecular flexibility index (Phi) is 3.71. The minimum absolute atomic E-state index is 0.132.